The summed E-state index contributed by atoms with van der Waals surface area (Å²) in [6.45, 7) is 7.15. The number of hydrogen-bond donors (Lipinski definition) is 1. The average molecular weight is 199 g/mol. The van der Waals surface area contributed by atoms with Crippen LogP contribution in [-0.2, 0) is 4.79 Å². The monoisotopic (exact) mass is 199 g/mol. The lowest BCUT2D eigenvalue weighted by Crippen LogP contribution is -2.44. The van der Waals surface area contributed by atoms with Crippen molar-refractivity contribution in [1.82, 2.24) is 4.90 Å². The van der Waals surface area contributed by atoms with Crippen molar-refractivity contribution in [3.63, 3.8) is 0 Å². The second-order valence-corrected chi connectivity index (χ2v) is 4.58. The highest BCUT2D eigenvalue weighted by atomic mass is 16.4. The molecule has 1 atom stereocenters. The minimum absolute atomic E-state index is 0.273. The van der Waals surface area contributed by atoms with E-state index in [0.29, 0.717) is 18.4 Å². The van der Waals surface area contributed by atoms with Gasteiger partial charge < -0.3 is 5.11 Å². The highest BCUT2D eigenvalue weighted by Crippen LogP contribution is 2.30. The first-order valence-electron chi connectivity index (χ1n) is 5.54. The predicted octanol–water partition coefficient (Wildman–Crippen LogP) is 1.97. The van der Waals surface area contributed by atoms with Gasteiger partial charge in [-0.05, 0) is 25.2 Å². The highest BCUT2D eigenvalue weighted by Gasteiger charge is 2.36. The molecule has 1 saturated carbocycles. The number of hydrogen-bond acceptors (Lipinski definition) is 2. The van der Waals surface area contributed by atoms with Crippen molar-refractivity contribution in [3.05, 3.63) is 0 Å². The quantitative estimate of drug-likeness (QED) is 0.711. The van der Waals surface area contributed by atoms with E-state index in [1.807, 2.05) is 6.92 Å². The third-order valence-corrected chi connectivity index (χ3v) is 2.66. The molecule has 14 heavy (non-hydrogen) atoms. The van der Waals surface area contributed by atoms with E-state index in [9.17, 15) is 4.79 Å². The maximum Gasteiger partial charge on any atom is 0.320 e. The molecule has 0 aliphatic heterocycles. The summed E-state index contributed by atoms with van der Waals surface area (Å²) in [6.07, 6.45) is 3.06. The minimum atomic E-state index is -0.667. The van der Waals surface area contributed by atoms with Gasteiger partial charge in [0.25, 0.3) is 0 Å². The Bertz CT molecular complexity index is 199. The van der Waals surface area contributed by atoms with Crippen LogP contribution in [0.5, 0.6) is 0 Å². The summed E-state index contributed by atoms with van der Waals surface area (Å²) < 4.78 is 0. The minimum Gasteiger partial charge on any atom is -0.480 e. The summed E-state index contributed by atoms with van der Waals surface area (Å²) in [5.74, 6) is -0.121. The maximum atomic E-state index is 11.0. The molecule has 0 aromatic rings. The molecular weight excluding hydrogens is 178 g/mol. The molecule has 0 radical (unpaired) electrons. The Labute approximate surface area is 86.1 Å². The summed E-state index contributed by atoms with van der Waals surface area (Å²) >= 11 is 0. The molecule has 1 unspecified atom stereocenters. The predicted molar refractivity (Wildman–Crippen MR) is 56.3 cm³/mol. The third-order valence-electron chi connectivity index (χ3n) is 2.66. The van der Waals surface area contributed by atoms with Crippen molar-refractivity contribution >= 4 is 5.97 Å². The number of aliphatic carboxylic acids is 1. The van der Waals surface area contributed by atoms with Crippen LogP contribution in [0.15, 0.2) is 0 Å². The molecule has 1 aliphatic rings. The highest BCUT2D eigenvalue weighted by molar-refractivity contribution is 5.73. The van der Waals surface area contributed by atoms with Crippen molar-refractivity contribution in [1.29, 1.82) is 0 Å². The second kappa shape index (κ2) is 4.78. The molecule has 0 amide bonds. The van der Waals surface area contributed by atoms with Crippen molar-refractivity contribution in [3.8, 4) is 0 Å². The molecule has 82 valence electrons. The van der Waals surface area contributed by atoms with E-state index in [0.717, 1.165) is 6.54 Å². The first kappa shape index (κ1) is 11.5. The number of carboxylic acids is 1. The number of rotatable bonds is 6. The molecule has 3 heteroatoms. The van der Waals surface area contributed by atoms with E-state index in [-0.39, 0.29) is 6.04 Å². The van der Waals surface area contributed by atoms with Crippen LogP contribution in [0.3, 0.4) is 0 Å². The fraction of sp³-hybridized carbons (Fsp3) is 0.909. The van der Waals surface area contributed by atoms with Crippen LogP contribution in [-0.4, -0.2) is 34.6 Å². The zero-order chi connectivity index (χ0) is 10.7. The van der Waals surface area contributed by atoms with Crippen LogP contribution in [0.4, 0.5) is 0 Å². The smallest absolute Gasteiger partial charge is 0.320 e. The van der Waals surface area contributed by atoms with E-state index in [4.69, 9.17) is 5.11 Å². The average Bonchev–Trinajstić information content (AvgIpc) is 2.84. The summed E-state index contributed by atoms with van der Waals surface area (Å²) in [7, 11) is 0. The second-order valence-electron chi connectivity index (χ2n) is 4.58. The van der Waals surface area contributed by atoms with Crippen LogP contribution < -0.4 is 0 Å². The van der Waals surface area contributed by atoms with Gasteiger partial charge in [0.1, 0.15) is 6.04 Å². The summed E-state index contributed by atoms with van der Waals surface area (Å²) in [5.41, 5.74) is 0. The Hall–Kier alpha value is -0.570. The molecule has 1 N–H and O–H groups in total. The van der Waals surface area contributed by atoms with Crippen LogP contribution in [0.25, 0.3) is 0 Å². The van der Waals surface area contributed by atoms with E-state index < -0.39 is 5.97 Å². The van der Waals surface area contributed by atoms with Gasteiger partial charge in [0, 0.05) is 12.6 Å². The Morgan fingerprint density at radius 3 is 2.36 bits per heavy atom. The Morgan fingerprint density at radius 2 is 2.07 bits per heavy atom. The maximum absolute atomic E-state index is 11.0. The number of nitrogens with zero attached hydrogens (tertiary/aromatic N) is 1. The van der Waals surface area contributed by atoms with Gasteiger partial charge in [-0.25, -0.2) is 0 Å². The first-order chi connectivity index (χ1) is 6.56. The third kappa shape index (κ3) is 2.98. The fourth-order valence-electron chi connectivity index (χ4n) is 1.91. The van der Waals surface area contributed by atoms with Crippen molar-refractivity contribution in [2.45, 2.75) is 52.1 Å². The van der Waals surface area contributed by atoms with Gasteiger partial charge in [0.2, 0.25) is 0 Å². The molecule has 1 aliphatic carbocycles. The lowest BCUT2D eigenvalue weighted by molar-refractivity contribution is -0.143. The summed E-state index contributed by atoms with van der Waals surface area (Å²) in [6, 6.07) is 0.267. The van der Waals surface area contributed by atoms with Crippen LogP contribution in [0.1, 0.15) is 40.0 Å². The fourth-order valence-corrected chi connectivity index (χ4v) is 1.91. The Kier molecular flexibility index (Phi) is 3.93. The molecular formula is C11H21NO2. The molecule has 0 aromatic heterocycles. The van der Waals surface area contributed by atoms with E-state index in [1.165, 1.54) is 12.8 Å². The SMILES string of the molecule is CCC(C(=O)O)N(CC(C)C)C1CC1. The van der Waals surface area contributed by atoms with E-state index in [2.05, 4.69) is 18.7 Å². The van der Waals surface area contributed by atoms with Gasteiger partial charge in [-0.15, -0.1) is 0 Å². The molecule has 0 saturated heterocycles. The Morgan fingerprint density at radius 1 is 1.50 bits per heavy atom. The van der Waals surface area contributed by atoms with E-state index >= 15 is 0 Å². The van der Waals surface area contributed by atoms with Gasteiger partial charge in [0.15, 0.2) is 0 Å². The lowest BCUT2D eigenvalue weighted by atomic mass is 10.1. The van der Waals surface area contributed by atoms with Crippen LogP contribution in [0.2, 0.25) is 0 Å². The number of carbonyl (C=O) groups is 1. The van der Waals surface area contributed by atoms with Crippen molar-refractivity contribution in [2.24, 2.45) is 5.92 Å². The van der Waals surface area contributed by atoms with Crippen molar-refractivity contribution < 1.29 is 9.90 Å². The first-order valence-corrected chi connectivity index (χ1v) is 5.54. The van der Waals surface area contributed by atoms with Gasteiger partial charge in [-0.1, -0.05) is 20.8 Å². The zero-order valence-electron chi connectivity index (χ0n) is 9.36. The van der Waals surface area contributed by atoms with E-state index in [1.54, 1.807) is 0 Å². The zero-order valence-corrected chi connectivity index (χ0v) is 9.36. The van der Waals surface area contributed by atoms with Gasteiger partial charge in [-0.3, -0.25) is 9.69 Å². The number of carboxylic acid groups (broad SMARTS) is 1. The summed E-state index contributed by atoms with van der Waals surface area (Å²) in [5, 5.41) is 9.09. The topological polar surface area (TPSA) is 40.5 Å². The lowest BCUT2D eigenvalue weighted by Gasteiger charge is -2.29. The Balaban J connectivity index is 2.59. The molecule has 0 spiro atoms. The molecule has 0 heterocycles. The molecule has 1 rings (SSSR count). The van der Waals surface area contributed by atoms with Crippen molar-refractivity contribution in [2.75, 3.05) is 6.54 Å². The molecule has 0 aromatic carbocycles. The van der Waals surface area contributed by atoms with Crippen LogP contribution in [0, 0.1) is 5.92 Å². The molecule has 3 nitrogen and oxygen atoms in total. The normalized spacial score (nSPS) is 18.9. The van der Waals surface area contributed by atoms with Gasteiger partial charge in [-0.2, -0.15) is 0 Å². The van der Waals surface area contributed by atoms with Gasteiger partial charge >= 0.3 is 5.97 Å². The van der Waals surface area contributed by atoms with Crippen LogP contribution >= 0.6 is 0 Å². The molecule has 1 fully saturated rings. The largest absolute Gasteiger partial charge is 0.480 e. The summed E-state index contributed by atoms with van der Waals surface area (Å²) in [4.78, 5) is 13.2. The standard InChI is InChI=1S/C11H21NO2/c1-4-10(11(13)14)12(7-8(2)3)9-5-6-9/h8-10H,4-7H2,1-3H3,(H,13,14). The van der Waals surface area contributed by atoms with Gasteiger partial charge in [0.05, 0.1) is 0 Å². The molecule has 0 bridgehead atoms.